The zero-order valence-electron chi connectivity index (χ0n) is 8.29. The van der Waals surface area contributed by atoms with Gasteiger partial charge in [-0.3, -0.25) is 0 Å². The highest BCUT2D eigenvalue weighted by Gasteiger charge is 2.18. The van der Waals surface area contributed by atoms with Crippen molar-refractivity contribution < 1.29 is 8.42 Å². The maximum Gasteiger partial charge on any atom is 0.175 e. The van der Waals surface area contributed by atoms with Crippen LogP contribution in [0.25, 0.3) is 0 Å². The summed E-state index contributed by atoms with van der Waals surface area (Å²) in [5.41, 5.74) is 2.28. The van der Waals surface area contributed by atoms with E-state index in [9.17, 15) is 8.42 Å². The van der Waals surface area contributed by atoms with Crippen molar-refractivity contribution in [1.82, 2.24) is 0 Å². The number of hydrogen-bond donors (Lipinski definition) is 0. The van der Waals surface area contributed by atoms with Gasteiger partial charge in [-0.05, 0) is 42.9 Å². The first-order chi connectivity index (χ1) is 6.59. The summed E-state index contributed by atoms with van der Waals surface area (Å²) in [6.45, 7) is 0. The van der Waals surface area contributed by atoms with Gasteiger partial charge in [0, 0.05) is 6.26 Å². The van der Waals surface area contributed by atoms with E-state index in [1.54, 1.807) is 6.07 Å². The van der Waals surface area contributed by atoms with Crippen LogP contribution in [0.2, 0.25) is 0 Å². The van der Waals surface area contributed by atoms with Crippen LogP contribution in [0, 0.1) is 0 Å². The van der Waals surface area contributed by atoms with Gasteiger partial charge in [0.05, 0.1) is 4.90 Å². The molecule has 0 atom stereocenters. The van der Waals surface area contributed by atoms with Crippen LogP contribution >= 0.6 is 0 Å². The summed E-state index contributed by atoms with van der Waals surface area (Å²) in [6, 6.07) is 5.61. The molecule has 0 heterocycles. The second-order valence-corrected chi connectivity index (χ2v) is 5.86. The predicted molar refractivity (Wildman–Crippen MR) is 56.2 cm³/mol. The number of hydrogen-bond acceptors (Lipinski definition) is 2. The Kier molecular flexibility index (Phi) is 2.35. The van der Waals surface area contributed by atoms with E-state index in [-0.39, 0.29) is 0 Å². The first-order valence-corrected chi connectivity index (χ1v) is 6.79. The lowest BCUT2D eigenvalue weighted by atomic mass is 9.92. The summed E-state index contributed by atoms with van der Waals surface area (Å²) in [5, 5.41) is 0. The molecule has 1 aliphatic rings. The van der Waals surface area contributed by atoms with Gasteiger partial charge in [0.15, 0.2) is 9.84 Å². The van der Waals surface area contributed by atoms with Crippen molar-refractivity contribution in [3.8, 4) is 0 Å². The lowest BCUT2D eigenvalue weighted by Crippen LogP contribution is -2.09. The number of benzene rings is 1. The highest BCUT2D eigenvalue weighted by molar-refractivity contribution is 7.90. The number of sulfone groups is 1. The number of aryl methyl sites for hydroxylation is 1. The molecule has 0 amide bonds. The number of rotatable bonds is 1. The SMILES string of the molecule is CS(=O)(=O)c1cccc2c1CCCC2. The summed E-state index contributed by atoms with van der Waals surface area (Å²) < 4.78 is 23.0. The van der Waals surface area contributed by atoms with Crippen molar-refractivity contribution in [2.45, 2.75) is 30.6 Å². The molecule has 1 aromatic rings. The van der Waals surface area contributed by atoms with Crippen LogP contribution in [0.15, 0.2) is 23.1 Å². The third kappa shape index (κ3) is 1.69. The molecular weight excluding hydrogens is 196 g/mol. The highest BCUT2D eigenvalue weighted by atomic mass is 32.2. The molecule has 2 rings (SSSR count). The summed E-state index contributed by atoms with van der Waals surface area (Å²) in [5.74, 6) is 0. The quantitative estimate of drug-likeness (QED) is 0.710. The second-order valence-electron chi connectivity index (χ2n) is 3.87. The lowest BCUT2D eigenvalue weighted by Gasteiger charge is -2.18. The maximum absolute atomic E-state index is 11.5. The highest BCUT2D eigenvalue weighted by Crippen LogP contribution is 2.27. The van der Waals surface area contributed by atoms with Gasteiger partial charge in [0.1, 0.15) is 0 Å². The maximum atomic E-state index is 11.5. The topological polar surface area (TPSA) is 34.1 Å². The van der Waals surface area contributed by atoms with Crippen LogP contribution in [0.1, 0.15) is 24.0 Å². The molecule has 3 heteroatoms. The van der Waals surface area contributed by atoms with Crippen LogP contribution in [0.5, 0.6) is 0 Å². The van der Waals surface area contributed by atoms with Crippen molar-refractivity contribution >= 4 is 9.84 Å². The Labute approximate surface area is 84.9 Å². The molecule has 0 radical (unpaired) electrons. The molecule has 76 valence electrons. The molecule has 0 aromatic heterocycles. The minimum Gasteiger partial charge on any atom is -0.224 e. The van der Waals surface area contributed by atoms with Crippen molar-refractivity contribution in [3.63, 3.8) is 0 Å². The molecule has 0 saturated heterocycles. The summed E-state index contributed by atoms with van der Waals surface area (Å²) in [6.07, 6.45) is 5.52. The number of fused-ring (bicyclic) bond motifs is 1. The Hall–Kier alpha value is -0.830. The van der Waals surface area contributed by atoms with Gasteiger partial charge in [-0.2, -0.15) is 0 Å². The molecule has 2 nitrogen and oxygen atoms in total. The fraction of sp³-hybridized carbons (Fsp3) is 0.455. The molecule has 0 saturated carbocycles. The average Bonchev–Trinajstić information content (AvgIpc) is 2.15. The summed E-state index contributed by atoms with van der Waals surface area (Å²) in [4.78, 5) is 0.537. The van der Waals surface area contributed by atoms with Crippen molar-refractivity contribution in [3.05, 3.63) is 29.3 Å². The van der Waals surface area contributed by atoms with Gasteiger partial charge in [-0.25, -0.2) is 8.42 Å². The minimum absolute atomic E-state index is 0.537. The van der Waals surface area contributed by atoms with Crippen molar-refractivity contribution in [2.24, 2.45) is 0 Å². The molecule has 1 aromatic carbocycles. The first kappa shape index (κ1) is 9.71. The molecule has 0 bridgehead atoms. The Balaban J connectivity index is 2.62. The lowest BCUT2D eigenvalue weighted by molar-refractivity contribution is 0.597. The average molecular weight is 210 g/mol. The smallest absolute Gasteiger partial charge is 0.175 e. The monoisotopic (exact) mass is 210 g/mol. The minimum atomic E-state index is -3.04. The molecule has 0 unspecified atom stereocenters. The fourth-order valence-electron chi connectivity index (χ4n) is 2.09. The Bertz CT molecular complexity index is 446. The molecule has 14 heavy (non-hydrogen) atoms. The Morgan fingerprint density at radius 3 is 2.57 bits per heavy atom. The Morgan fingerprint density at radius 1 is 1.14 bits per heavy atom. The first-order valence-electron chi connectivity index (χ1n) is 4.90. The molecule has 0 spiro atoms. The van der Waals surface area contributed by atoms with Gasteiger partial charge >= 0.3 is 0 Å². The van der Waals surface area contributed by atoms with Crippen LogP contribution in [-0.2, 0) is 22.7 Å². The summed E-state index contributed by atoms with van der Waals surface area (Å²) in [7, 11) is -3.04. The van der Waals surface area contributed by atoms with Crippen LogP contribution in [0.3, 0.4) is 0 Å². The van der Waals surface area contributed by atoms with E-state index in [4.69, 9.17) is 0 Å². The van der Waals surface area contributed by atoms with Crippen LogP contribution < -0.4 is 0 Å². The van der Waals surface area contributed by atoms with E-state index >= 15 is 0 Å². The zero-order chi connectivity index (χ0) is 10.2. The molecule has 1 aliphatic carbocycles. The van der Waals surface area contributed by atoms with Crippen LogP contribution in [-0.4, -0.2) is 14.7 Å². The van der Waals surface area contributed by atoms with Gasteiger partial charge in [-0.15, -0.1) is 0 Å². The fourth-order valence-corrected chi connectivity index (χ4v) is 3.10. The van der Waals surface area contributed by atoms with Crippen LogP contribution in [0.4, 0.5) is 0 Å². The van der Waals surface area contributed by atoms with Gasteiger partial charge in [0.25, 0.3) is 0 Å². The van der Waals surface area contributed by atoms with Crippen molar-refractivity contribution in [2.75, 3.05) is 6.26 Å². The van der Waals surface area contributed by atoms with Gasteiger partial charge in [-0.1, -0.05) is 12.1 Å². The van der Waals surface area contributed by atoms with E-state index in [2.05, 4.69) is 0 Å². The zero-order valence-corrected chi connectivity index (χ0v) is 9.10. The normalized spacial score (nSPS) is 16.4. The van der Waals surface area contributed by atoms with E-state index in [0.717, 1.165) is 24.8 Å². The third-order valence-corrected chi connectivity index (χ3v) is 3.93. The molecule has 0 N–H and O–H groups in total. The standard InChI is InChI=1S/C11H14O2S/c1-14(12,13)11-8-4-6-9-5-2-3-7-10(9)11/h4,6,8H,2-3,5,7H2,1H3. The van der Waals surface area contributed by atoms with E-state index in [0.29, 0.717) is 4.90 Å². The largest absolute Gasteiger partial charge is 0.224 e. The Morgan fingerprint density at radius 2 is 1.86 bits per heavy atom. The van der Waals surface area contributed by atoms with Crippen molar-refractivity contribution in [1.29, 1.82) is 0 Å². The third-order valence-electron chi connectivity index (χ3n) is 2.75. The van der Waals surface area contributed by atoms with E-state index in [1.807, 2.05) is 12.1 Å². The molecular formula is C11H14O2S. The van der Waals surface area contributed by atoms with Gasteiger partial charge in [0.2, 0.25) is 0 Å². The molecule has 0 fully saturated rings. The summed E-state index contributed by atoms with van der Waals surface area (Å²) >= 11 is 0. The molecule has 0 aliphatic heterocycles. The second kappa shape index (κ2) is 3.39. The van der Waals surface area contributed by atoms with E-state index in [1.165, 1.54) is 18.2 Å². The van der Waals surface area contributed by atoms with E-state index < -0.39 is 9.84 Å². The van der Waals surface area contributed by atoms with Gasteiger partial charge < -0.3 is 0 Å². The predicted octanol–water partition coefficient (Wildman–Crippen LogP) is 1.97.